The van der Waals surface area contributed by atoms with Crippen LogP contribution in [0, 0.1) is 6.92 Å². The van der Waals surface area contributed by atoms with Crippen molar-refractivity contribution in [1.29, 1.82) is 0 Å². The first-order valence-electron chi connectivity index (χ1n) is 7.65. The van der Waals surface area contributed by atoms with E-state index in [0.29, 0.717) is 0 Å². The van der Waals surface area contributed by atoms with Gasteiger partial charge in [-0.05, 0) is 57.0 Å². The molecular formula is C18H25NO2. The molecule has 1 N–H and O–H groups in total. The van der Waals surface area contributed by atoms with Gasteiger partial charge in [0, 0.05) is 6.04 Å². The van der Waals surface area contributed by atoms with Gasteiger partial charge in [0.1, 0.15) is 17.3 Å². The molecule has 3 heteroatoms. The number of aryl methyl sites for hydroxylation is 1. The van der Waals surface area contributed by atoms with Gasteiger partial charge in [0.2, 0.25) is 0 Å². The zero-order valence-corrected chi connectivity index (χ0v) is 13.3. The number of furan rings is 1. The second-order valence-electron chi connectivity index (χ2n) is 5.48. The van der Waals surface area contributed by atoms with Crippen molar-refractivity contribution < 1.29 is 9.15 Å². The summed E-state index contributed by atoms with van der Waals surface area (Å²) in [6.45, 7) is 9.12. The Morgan fingerprint density at radius 1 is 1.05 bits per heavy atom. The number of rotatable bonds is 7. The number of benzene rings is 1. The summed E-state index contributed by atoms with van der Waals surface area (Å²) in [4.78, 5) is 0. The minimum Gasteiger partial charge on any atom is -0.494 e. The Balaban J connectivity index is 1.94. The number of ether oxygens (including phenoxy) is 1. The fourth-order valence-electron chi connectivity index (χ4n) is 2.31. The summed E-state index contributed by atoms with van der Waals surface area (Å²) in [7, 11) is 0. The molecule has 1 heterocycles. The molecule has 0 aliphatic carbocycles. The molecule has 0 amide bonds. The predicted octanol–water partition coefficient (Wildman–Crippen LogP) is 4.79. The summed E-state index contributed by atoms with van der Waals surface area (Å²) in [5.41, 5.74) is 1.24. The van der Waals surface area contributed by atoms with Crippen LogP contribution >= 0.6 is 0 Å². The number of nitrogens with one attached hydrogen (secondary N) is 1. The van der Waals surface area contributed by atoms with Crippen LogP contribution in [0.5, 0.6) is 5.75 Å². The van der Waals surface area contributed by atoms with E-state index >= 15 is 0 Å². The molecular weight excluding hydrogens is 262 g/mol. The molecule has 0 bridgehead atoms. The molecule has 0 spiro atoms. The van der Waals surface area contributed by atoms with Crippen LogP contribution < -0.4 is 10.1 Å². The zero-order valence-electron chi connectivity index (χ0n) is 13.3. The molecule has 21 heavy (non-hydrogen) atoms. The Bertz CT molecular complexity index is 545. The fraction of sp³-hybridized carbons (Fsp3) is 0.444. The molecule has 0 saturated heterocycles. The van der Waals surface area contributed by atoms with Crippen LogP contribution in [0.25, 0.3) is 0 Å². The van der Waals surface area contributed by atoms with Gasteiger partial charge in [0.15, 0.2) is 0 Å². The van der Waals surface area contributed by atoms with E-state index in [4.69, 9.17) is 9.15 Å². The minimum atomic E-state index is 0.185. The van der Waals surface area contributed by atoms with Crippen molar-refractivity contribution in [2.24, 2.45) is 0 Å². The zero-order chi connectivity index (χ0) is 15.2. The SMILES string of the molecule is CCCOc1ccc(C(C)NC(C)c2ccc(C)o2)cc1. The number of hydrogen-bond acceptors (Lipinski definition) is 3. The van der Waals surface area contributed by atoms with E-state index in [-0.39, 0.29) is 12.1 Å². The van der Waals surface area contributed by atoms with E-state index in [2.05, 4.69) is 38.2 Å². The molecule has 114 valence electrons. The topological polar surface area (TPSA) is 34.4 Å². The molecule has 3 nitrogen and oxygen atoms in total. The molecule has 0 saturated carbocycles. The van der Waals surface area contributed by atoms with Gasteiger partial charge < -0.3 is 14.5 Å². The quantitative estimate of drug-likeness (QED) is 0.795. The van der Waals surface area contributed by atoms with Crippen molar-refractivity contribution in [2.45, 2.75) is 46.2 Å². The van der Waals surface area contributed by atoms with Crippen molar-refractivity contribution >= 4 is 0 Å². The average molecular weight is 287 g/mol. The second-order valence-corrected chi connectivity index (χ2v) is 5.48. The van der Waals surface area contributed by atoms with E-state index in [9.17, 15) is 0 Å². The van der Waals surface area contributed by atoms with Gasteiger partial charge in [0.05, 0.1) is 12.6 Å². The highest BCUT2D eigenvalue weighted by Crippen LogP contribution is 2.22. The summed E-state index contributed by atoms with van der Waals surface area (Å²) in [5.74, 6) is 2.86. The Morgan fingerprint density at radius 2 is 1.76 bits per heavy atom. The van der Waals surface area contributed by atoms with Crippen LogP contribution in [0.3, 0.4) is 0 Å². The first kappa shape index (κ1) is 15.6. The Morgan fingerprint density at radius 3 is 2.33 bits per heavy atom. The summed E-state index contributed by atoms with van der Waals surface area (Å²) < 4.78 is 11.3. The third-order valence-corrected chi connectivity index (χ3v) is 3.54. The highest BCUT2D eigenvalue weighted by Gasteiger charge is 2.13. The third kappa shape index (κ3) is 4.36. The van der Waals surface area contributed by atoms with E-state index in [1.54, 1.807) is 0 Å². The predicted molar refractivity (Wildman–Crippen MR) is 85.6 cm³/mol. The Hall–Kier alpha value is -1.74. The summed E-state index contributed by atoms with van der Waals surface area (Å²) >= 11 is 0. The molecule has 0 radical (unpaired) electrons. The molecule has 2 atom stereocenters. The van der Waals surface area contributed by atoms with Crippen molar-refractivity contribution in [3.63, 3.8) is 0 Å². The van der Waals surface area contributed by atoms with Gasteiger partial charge in [0.25, 0.3) is 0 Å². The van der Waals surface area contributed by atoms with Crippen LogP contribution in [-0.2, 0) is 0 Å². The summed E-state index contributed by atoms with van der Waals surface area (Å²) in [6, 6.07) is 12.8. The Kier molecular flexibility index (Phi) is 5.45. The van der Waals surface area contributed by atoms with Crippen molar-refractivity contribution in [2.75, 3.05) is 6.61 Å². The van der Waals surface area contributed by atoms with Crippen LogP contribution in [0.4, 0.5) is 0 Å². The third-order valence-electron chi connectivity index (χ3n) is 3.54. The van der Waals surface area contributed by atoms with Crippen LogP contribution in [-0.4, -0.2) is 6.61 Å². The number of hydrogen-bond donors (Lipinski definition) is 1. The second kappa shape index (κ2) is 7.32. The van der Waals surface area contributed by atoms with Crippen LogP contribution in [0.15, 0.2) is 40.8 Å². The van der Waals surface area contributed by atoms with E-state index in [0.717, 1.165) is 30.3 Å². The van der Waals surface area contributed by atoms with Gasteiger partial charge >= 0.3 is 0 Å². The molecule has 2 unspecified atom stereocenters. The van der Waals surface area contributed by atoms with Gasteiger partial charge in [-0.3, -0.25) is 0 Å². The standard InChI is InChI=1S/C18H25NO2/c1-5-12-20-17-9-7-16(8-10-17)14(3)19-15(4)18-11-6-13(2)21-18/h6-11,14-15,19H,5,12H2,1-4H3. The highest BCUT2D eigenvalue weighted by molar-refractivity contribution is 5.29. The first-order chi connectivity index (χ1) is 10.1. The maximum Gasteiger partial charge on any atom is 0.120 e. The Labute approximate surface area is 127 Å². The molecule has 0 aliphatic heterocycles. The fourth-order valence-corrected chi connectivity index (χ4v) is 2.31. The molecule has 1 aromatic carbocycles. The first-order valence-corrected chi connectivity index (χ1v) is 7.65. The van der Waals surface area contributed by atoms with Gasteiger partial charge in [-0.15, -0.1) is 0 Å². The molecule has 1 aromatic heterocycles. The van der Waals surface area contributed by atoms with Gasteiger partial charge in [-0.1, -0.05) is 19.1 Å². The maximum atomic E-state index is 5.66. The maximum absolute atomic E-state index is 5.66. The smallest absolute Gasteiger partial charge is 0.120 e. The lowest BCUT2D eigenvalue weighted by atomic mass is 10.1. The molecule has 2 aromatic rings. The summed E-state index contributed by atoms with van der Waals surface area (Å²) in [6.07, 6.45) is 1.03. The van der Waals surface area contributed by atoms with Crippen molar-refractivity contribution in [3.8, 4) is 5.75 Å². The van der Waals surface area contributed by atoms with Crippen LogP contribution in [0.1, 0.15) is 56.4 Å². The molecule has 0 aliphatic rings. The van der Waals surface area contributed by atoms with E-state index in [1.165, 1.54) is 5.56 Å². The molecule has 2 rings (SSSR count). The lowest BCUT2D eigenvalue weighted by molar-refractivity contribution is 0.317. The van der Waals surface area contributed by atoms with Gasteiger partial charge in [-0.25, -0.2) is 0 Å². The highest BCUT2D eigenvalue weighted by atomic mass is 16.5. The minimum absolute atomic E-state index is 0.185. The van der Waals surface area contributed by atoms with E-state index < -0.39 is 0 Å². The average Bonchev–Trinajstić information content (AvgIpc) is 2.92. The van der Waals surface area contributed by atoms with Crippen LogP contribution in [0.2, 0.25) is 0 Å². The largest absolute Gasteiger partial charge is 0.494 e. The normalized spacial score (nSPS) is 13.9. The van der Waals surface area contributed by atoms with Gasteiger partial charge in [-0.2, -0.15) is 0 Å². The van der Waals surface area contributed by atoms with Crippen molar-refractivity contribution in [3.05, 3.63) is 53.5 Å². The van der Waals surface area contributed by atoms with E-state index in [1.807, 2.05) is 31.2 Å². The van der Waals surface area contributed by atoms with Crippen molar-refractivity contribution in [1.82, 2.24) is 5.32 Å². The monoisotopic (exact) mass is 287 g/mol. The summed E-state index contributed by atoms with van der Waals surface area (Å²) in [5, 5.41) is 3.55. The lowest BCUT2D eigenvalue weighted by Gasteiger charge is -2.19. The lowest BCUT2D eigenvalue weighted by Crippen LogP contribution is -2.22. The molecule has 0 fully saturated rings.